The Bertz CT molecular complexity index is 1220. The molecule has 11 heteroatoms. The number of ether oxygens (including phenoxy) is 3. The topological polar surface area (TPSA) is 128 Å². The fraction of sp³-hybridized carbons (Fsp3) is 0.273. The number of hydrogen-bond acceptors (Lipinski definition) is 9. The highest BCUT2D eigenvalue weighted by Crippen LogP contribution is 2.32. The minimum absolute atomic E-state index is 0.184. The van der Waals surface area contributed by atoms with Crippen molar-refractivity contribution in [1.82, 2.24) is 34.8 Å². The third kappa shape index (κ3) is 5.21. The Balaban J connectivity index is 1.66. The van der Waals surface area contributed by atoms with Crippen molar-refractivity contribution in [2.45, 2.75) is 13.0 Å². The second-order valence-electron chi connectivity index (χ2n) is 7.46. The van der Waals surface area contributed by atoms with Gasteiger partial charge < -0.3 is 24.1 Å². The molecule has 0 radical (unpaired) electrons. The van der Waals surface area contributed by atoms with E-state index in [0.717, 1.165) is 5.56 Å². The van der Waals surface area contributed by atoms with Crippen LogP contribution in [0.25, 0.3) is 22.6 Å². The lowest BCUT2D eigenvalue weighted by atomic mass is 10.2. The standard InChI is InChI=1S/C22H23N7O4/c1-13(11-31-4)32-15-5-14(20-27-17-8-23-12-26-21(17)28-20)6-16(7-15)33-19-10-24-18(9-25-19)22(30)29(2)3/h5-10,12-13H,11H2,1-4H3,(H,23,26,27,28)/t13-/m0/s1. The Labute approximate surface area is 189 Å². The Morgan fingerprint density at radius 2 is 1.91 bits per heavy atom. The summed E-state index contributed by atoms with van der Waals surface area (Å²) in [6.45, 7) is 2.33. The Morgan fingerprint density at radius 3 is 2.61 bits per heavy atom. The van der Waals surface area contributed by atoms with E-state index in [-0.39, 0.29) is 23.6 Å². The average molecular weight is 449 g/mol. The molecule has 0 saturated carbocycles. The van der Waals surface area contributed by atoms with Crippen LogP contribution in [0.5, 0.6) is 17.4 Å². The van der Waals surface area contributed by atoms with Crippen molar-refractivity contribution in [2.75, 3.05) is 27.8 Å². The molecule has 0 aliphatic carbocycles. The lowest BCUT2D eigenvalue weighted by Gasteiger charge is -2.16. The number of H-pyrrole nitrogens is 1. The second-order valence-corrected chi connectivity index (χ2v) is 7.46. The van der Waals surface area contributed by atoms with Crippen molar-refractivity contribution >= 4 is 17.1 Å². The summed E-state index contributed by atoms with van der Waals surface area (Å²) >= 11 is 0. The van der Waals surface area contributed by atoms with Crippen molar-refractivity contribution in [3.05, 3.63) is 48.8 Å². The molecule has 3 aromatic heterocycles. The first-order chi connectivity index (χ1) is 15.9. The van der Waals surface area contributed by atoms with Gasteiger partial charge in [0.25, 0.3) is 5.91 Å². The summed E-state index contributed by atoms with van der Waals surface area (Å²) in [5, 5.41) is 0. The fourth-order valence-electron chi connectivity index (χ4n) is 3.06. The first-order valence-corrected chi connectivity index (χ1v) is 10.1. The van der Waals surface area contributed by atoms with Gasteiger partial charge in [-0.15, -0.1) is 0 Å². The number of carbonyl (C=O) groups excluding carboxylic acids is 1. The quantitative estimate of drug-likeness (QED) is 0.432. The number of methoxy groups -OCH3 is 1. The van der Waals surface area contributed by atoms with Crippen molar-refractivity contribution < 1.29 is 19.0 Å². The van der Waals surface area contributed by atoms with E-state index < -0.39 is 0 Å². The molecule has 170 valence electrons. The number of amides is 1. The van der Waals surface area contributed by atoms with Crippen LogP contribution in [-0.4, -0.2) is 74.6 Å². The summed E-state index contributed by atoms with van der Waals surface area (Å²) < 4.78 is 17.1. The van der Waals surface area contributed by atoms with Crippen LogP contribution in [0.15, 0.2) is 43.1 Å². The van der Waals surface area contributed by atoms with Crippen molar-refractivity contribution in [3.8, 4) is 28.8 Å². The van der Waals surface area contributed by atoms with E-state index >= 15 is 0 Å². The first-order valence-electron chi connectivity index (χ1n) is 10.1. The Hall–Kier alpha value is -4.12. The number of carbonyl (C=O) groups is 1. The first kappa shape index (κ1) is 22.1. The van der Waals surface area contributed by atoms with Gasteiger partial charge in [0, 0.05) is 32.8 Å². The molecule has 1 aromatic carbocycles. The minimum atomic E-state index is -0.244. The molecule has 1 atom stereocenters. The number of rotatable bonds is 8. The third-order valence-corrected chi connectivity index (χ3v) is 4.53. The number of imidazole rings is 1. The highest BCUT2D eigenvalue weighted by molar-refractivity contribution is 5.91. The van der Waals surface area contributed by atoms with E-state index in [9.17, 15) is 4.79 Å². The summed E-state index contributed by atoms with van der Waals surface area (Å²) in [6.07, 6.45) is 5.67. The van der Waals surface area contributed by atoms with Crippen LogP contribution in [0, 0.1) is 0 Å². The van der Waals surface area contributed by atoms with Gasteiger partial charge >= 0.3 is 0 Å². The van der Waals surface area contributed by atoms with Crippen molar-refractivity contribution in [3.63, 3.8) is 0 Å². The number of aromatic nitrogens is 6. The zero-order valence-electron chi connectivity index (χ0n) is 18.6. The van der Waals surface area contributed by atoms with Crippen LogP contribution in [0.4, 0.5) is 0 Å². The molecule has 0 fully saturated rings. The van der Waals surface area contributed by atoms with E-state index in [1.54, 1.807) is 39.5 Å². The number of nitrogens with zero attached hydrogens (tertiary/aromatic N) is 6. The molecular weight excluding hydrogens is 426 g/mol. The zero-order chi connectivity index (χ0) is 23.4. The van der Waals surface area contributed by atoms with Gasteiger partial charge in [0.2, 0.25) is 5.88 Å². The maximum atomic E-state index is 12.0. The van der Waals surface area contributed by atoms with Gasteiger partial charge in [-0.2, -0.15) is 0 Å². The molecule has 11 nitrogen and oxygen atoms in total. The minimum Gasteiger partial charge on any atom is -0.488 e. The van der Waals surface area contributed by atoms with Crippen LogP contribution in [-0.2, 0) is 4.74 Å². The molecule has 0 spiro atoms. The normalized spacial score (nSPS) is 11.9. The molecular formula is C22H23N7O4. The molecule has 0 unspecified atom stereocenters. The maximum Gasteiger partial charge on any atom is 0.273 e. The van der Waals surface area contributed by atoms with Gasteiger partial charge in [-0.05, 0) is 19.1 Å². The largest absolute Gasteiger partial charge is 0.488 e. The zero-order valence-corrected chi connectivity index (χ0v) is 18.6. The van der Waals surface area contributed by atoms with Gasteiger partial charge in [0.1, 0.15) is 41.0 Å². The number of benzene rings is 1. The number of fused-ring (bicyclic) bond motifs is 1. The lowest BCUT2D eigenvalue weighted by Crippen LogP contribution is -2.22. The highest BCUT2D eigenvalue weighted by Gasteiger charge is 2.14. The van der Waals surface area contributed by atoms with Gasteiger partial charge in [0.05, 0.1) is 25.2 Å². The van der Waals surface area contributed by atoms with Gasteiger partial charge in [-0.25, -0.2) is 24.9 Å². The smallest absolute Gasteiger partial charge is 0.273 e. The summed E-state index contributed by atoms with van der Waals surface area (Å²) in [4.78, 5) is 37.7. The number of aromatic amines is 1. The molecule has 0 saturated heterocycles. The average Bonchev–Trinajstić information content (AvgIpc) is 3.23. The fourth-order valence-corrected chi connectivity index (χ4v) is 3.06. The van der Waals surface area contributed by atoms with Crippen LogP contribution >= 0.6 is 0 Å². The van der Waals surface area contributed by atoms with Crippen molar-refractivity contribution in [2.24, 2.45) is 0 Å². The van der Waals surface area contributed by atoms with Gasteiger partial charge in [-0.3, -0.25) is 4.79 Å². The SMILES string of the molecule is COC[C@H](C)Oc1cc(Oc2cnc(C(=O)N(C)C)cn2)cc(-c2nc3cncnc3[nH]2)c1. The molecule has 3 heterocycles. The lowest BCUT2D eigenvalue weighted by molar-refractivity contribution is 0.0821. The van der Waals surface area contributed by atoms with E-state index in [2.05, 4.69) is 29.9 Å². The number of hydrogen-bond donors (Lipinski definition) is 1. The highest BCUT2D eigenvalue weighted by atomic mass is 16.5. The molecule has 0 aliphatic heterocycles. The summed E-state index contributed by atoms with van der Waals surface area (Å²) in [7, 11) is 4.91. The van der Waals surface area contributed by atoms with Crippen LogP contribution in [0.3, 0.4) is 0 Å². The predicted octanol–water partition coefficient (Wildman–Crippen LogP) is 2.72. The molecule has 4 rings (SSSR count). The number of nitrogens with one attached hydrogen (secondary N) is 1. The monoisotopic (exact) mass is 449 g/mol. The molecule has 0 bridgehead atoms. The molecule has 1 N–H and O–H groups in total. The Morgan fingerprint density at radius 1 is 1.09 bits per heavy atom. The second kappa shape index (κ2) is 9.57. The van der Waals surface area contributed by atoms with E-state index in [1.807, 2.05) is 13.0 Å². The van der Waals surface area contributed by atoms with Crippen LogP contribution < -0.4 is 9.47 Å². The van der Waals surface area contributed by atoms with E-state index in [4.69, 9.17) is 14.2 Å². The van der Waals surface area contributed by atoms with Crippen LogP contribution in [0.1, 0.15) is 17.4 Å². The molecule has 33 heavy (non-hydrogen) atoms. The molecule has 0 aliphatic rings. The third-order valence-electron chi connectivity index (χ3n) is 4.53. The predicted molar refractivity (Wildman–Crippen MR) is 119 cm³/mol. The summed E-state index contributed by atoms with van der Waals surface area (Å²) in [5.74, 6) is 1.59. The van der Waals surface area contributed by atoms with E-state index in [1.165, 1.54) is 23.6 Å². The van der Waals surface area contributed by atoms with E-state index in [0.29, 0.717) is 35.1 Å². The summed E-state index contributed by atoms with van der Waals surface area (Å²) in [5.41, 5.74) is 2.20. The van der Waals surface area contributed by atoms with Crippen LogP contribution in [0.2, 0.25) is 0 Å². The molecule has 1 amide bonds. The Kier molecular flexibility index (Phi) is 6.41. The van der Waals surface area contributed by atoms with Crippen molar-refractivity contribution in [1.29, 1.82) is 0 Å². The van der Waals surface area contributed by atoms with Gasteiger partial charge in [-0.1, -0.05) is 0 Å². The molecule has 4 aromatic rings. The van der Waals surface area contributed by atoms with Gasteiger partial charge in [0.15, 0.2) is 5.65 Å². The summed E-state index contributed by atoms with van der Waals surface area (Å²) in [6, 6.07) is 5.37. The maximum absolute atomic E-state index is 12.0.